The minimum atomic E-state index is 0. The lowest BCUT2D eigenvalue weighted by atomic mass is 10.1. The first kappa shape index (κ1) is 25.5. The zero-order valence-corrected chi connectivity index (χ0v) is 20.5. The normalized spacial score (nSPS) is 19.0. The van der Waals surface area contributed by atoms with Crippen molar-refractivity contribution < 1.29 is 4.79 Å². The van der Waals surface area contributed by atoms with Crippen LogP contribution in [0.1, 0.15) is 58.8 Å². The smallest absolute Gasteiger partial charge is 0.225 e. The Morgan fingerprint density at radius 2 is 1.68 bits per heavy atom. The van der Waals surface area contributed by atoms with E-state index in [0.717, 1.165) is 70.5 Å². The van der Waals surface area contributed by atoms with Gasteiger partial charge in [-0.2, -0.15) is 0 Å². The first-order valence-electron chi connectivity index (χ1n) is 11.1. The zero-order valence-electron chi connectivity index (χ0n) is 18.2. The van der Waals surface area contributed by atoms with Gasteiger partial charge in [0.05, 0.1) is 0 Å². The number of unbranched alkanes of at least 4 members (excludes halogenated alkanes) is 1. The molecule has 0 atom stereocenters. The van der Waals surface area contributed by atoms with Crippen LogP contribution in [-0.2, 0) is 4.79 Å². The van der Waals surface area contributed by atoms with Crippen molar-refractivity contribution in [3.8, 4) is 0 Å². The van der Waals surface area contributed by atoms with Gasteiger partial charge in [-0.3, -0.25) is 14.7 Å². The summed E-state index contributed by atoms with van der Waals surface area (Å²) in [6.45, 7) is 11.2. The molecule has 0 aromatic rings. The third-order valence-electron chi connectivity index (χ3n) is 5.83. The maximum Gasteiger partial charge on any atom is 0.225 e. The first-order valence-corrected chi connectivity index (χ1v) is 11.1. The van der Waals surface area contributed by atoms with Gasteiger partial charge in [0, 0.05) is 58.8 Å². The zero-order chi connectivity index (χ0) is 19.5. The molecule has 28 heavy (non-hydrogen) atoms. The van der Waals surface area contributed by atoms with Crippen molar-refractivity contribution in [2.24, 2.45) is 16.8 Å². The van der Waals surface area contributed by atoms with Gasteiger partial charge in [0.15, 0.2) is 5.96 Å². The number of hydrogen-bond donors (Lipinski definition) is 2. The summed E-state index contributed by atoms with van der Waals surface area (Å²) in [7, 11) is 1.83. The summed E-state index contributed by atoms with van der Waals surface area (Å²) in [5, 5.41) is 6.81. The molecule has 1 saturated carbocycles. The molecule has 1 aliphatic carbocycles. The number of guanidine groups is 1. The maximum absolute atomic E-state index is 12.5. The molecule has 1 aliphatic heterocycles. The number of nitrogens with one attached hydrogen (secondary N) is 2. The molecule has 2 aliphatic rings. The Morgan fingerprint density at radius 1 is 1.04 bits per heavy atom. The molecule has 1 heterocycles. The third kappa shape index (κ3) is 9.29. The van der Waals surface area contributed by atoms with Gasteiger partial charge in [-0.15, -0.1) is 24.0 Å². The Morgan fingerprint density at radius 3 is 2.29 bits per heavy atom. The Hall–Kier alpha value is -0.570. The summed E-state index contributed by atoms with van der Waals surface area (Å²) in [5.41, 5.74) is 0. The van der Waals surface area contributed by atoms with Crippen LogP contribution in [-0.4, -0.2) is 74.5 Å². The van der Waals surface area contributed by atoms with Crippen molar-refractivity contribution in [1.82, 2.24) is 20.4 Å². The number of amides is 1. The Kier molecular flexibility index (Phi) is 13.1. The van der Waals surface area contributed by atoms with E-state index in [1.165, 1.54) is 32.1 Å². The molecule has 1 saturated heterocycles. The predicted molar refractivity (Wildman–Crippen MR) is 128 cm³/mol. The summed E-state index contributed by atoms with van der Waals surface area (Å²) in [5.74, 6) is 2.41. The van der Waals surface area contributed by atoms with E-state index in [1.807, 2.05) is 7.05 Å². The molecular weight excluding hydrogens is 465 g/mol. The Bertz CT molecular complexity index is 458. The van der Waals surface area contributed by atoms with E-state index in [9.17, 15) is 4.79 Å². The molecule has 7 heteroatoms. The van der Waals surface area contributed by atoms with Gasteiger partial charge in [0.1, 0.15) is 0 Å². The van der Waals surface area contributed by atoms with Gasteiger partial charge < -0.3 is 15.5 Å². The molecule has 164 valence electrons. The minimum absolute atomic E-state index is 0. The van der Waals surface area contributed by atoms with Gasteiger partial charge >= 0.3 is 0 Å². The number of piperazine rings is 1. The second-order valence-electron chi connectivity index (χ2n) is 8.46. The second kappa shape index (κ2) is 14.4. The molecule has 0 aromatic carbocycles. The van der Waals surface area contributed by atoms with Gasteiger partial charge in [-0.1, -0.05) is 39.5 Å². The Labute approximate surface area is 189 Å². The predicted octanol–water partition coefficient (Wildman–Crippen LogP) is 2.93. The van der Waals surface area contributed by atoms with Crippen LogP contribution in [0.3, 0.4) is 0 Å². The van der Waals surface area contributed by atoms with Crippen molar-refractivity contribution in [2.75, 3.05) is 52.9 Å². The first-order chi connectivity index (χ1) is 13.1. The van der Waals surface area contributed by atoms with Gasteiger partial charge in [0.25, 0.3) is 0 Å². The number of hydrogen-bond acceptors (Lipinski definition) is 3. The van der Waals surface area contributed by atoms with Crippen LogP contribution in [0.5, 0.6) is 0 Å². The molecular formula is C21H42IN5O. The molecule has 2 rings (SSSR count). The molecule has 0 spiro atoms. The van der Waals surface area contributed by atoms with Crippen molar-refractivity contribution in [3.05, 3.63) is 0 Å². The average molecular weight is 508 g/mol. The number of carbonyl (C=O) groups is 1. The fourth-order valence-corrected chi connectivity index (χ4v) is 4.06. The summed E-state index contributed by atoms with van der Waals surface area (Å²) >= 11 is 0. The number of rotatable bonds is 9. The largest absolute Gasteiger partial charge is 0.356 e. The Balaban J connectivity index is 0.00000392. The van der Waals surface area contributed by atoms with Crippen LogP contribution in [0.15, 0.2) is 4.99 Å². The van der Waals surface area contributed by atoms with Crippen molar-refractivity contribution in [2.45, 2.75) is 58.8 Å². The third-order valence-corrected chi connectivity index (χ3v) is 5.83. The SMILES string of the molecule is CN=C(NCCCCC(C)C)NCCN1CCN(C(=O)C2CCCC2)CC1.I. The van der Waals surface area contributed by atoms with Crippen LogP contribution >= 0.6 is 24.0 Å². The second-order valence-corrected chi connectivity index (χ2v) is 8.46. The lowest BCUT2D eigenvalue weighted by molar-refractivity contribution is -0.137. The molecule has 1 amide bonds. The standard InChI is InChI=1S/C21H41N5O.HI/c1-18(2)8-6-7-11-23-21(22-3)24-12-13-25-14-16-26(17-15-25)20(27)19-9-4-5-10-19;/h18-19H,4-17H2,1-3H3,(H2,22,23,24);1H. The van der Waals surface area contributed by atoms with Crippen LogP contribution in [0.2, 0.25) is 0 Å². The van der Waals surface area contributed by atoms with Gasteiger partial charge in [-0.05, 0) is 25.2 Å². The summed E-state index contributed by atoms with van der Waals surface area (Å²) in [4.78, 5) is 21.4. The van der Waals surface area contributed by atoms with Gasteiger partial charge in [0.2, 0.25) is 5.91 Å². The highest BCUT2D eigenvalue weighted by molar-refractivity contribution is 14.0. The van der Waals surface area contributed by atoms with Crippen LogP contribution in [0.25, 0.3) is 0 Å². The molecule has 6 nitrogen and oxygen atoms in total. The minimum Gasteiger partial charge on any atom is -0.356 e. The van der Waals surface area contributed by atoms with E-state index < -0.39 is 0 Å². The van der Waals surface area contributed by atoms with E-state index >= 15 is 0 Å². The van der Waals surface area contributed by atoms with Gasteiger partial charge in [-0.25, -0.2) is 0 Å². The summed E-state index contributed by atoms with van der Waals surface area (Å²) < 4.78 is 0. The van der Waals surface area contributed by atoms with Crippen LogP contribution in [0, 0.1) is 11.8 Å². The number of aliphatic imine (C=N–C) groups is 1. The molecule has 2 N–H and O–H groups in total. The monoisotopic (exact) mass is 507 g/mol. The quantitative estimate of drug-likeness (QED) is 0.218. The highest BCUT2D eigenvalue weighted by atomic mass is 127. The highest BCUT2D eigenvalue weighted by Crippen LogP contribution is 2.26. The molecule has 0 unspecified atom stereocenters. The van der Waals surface area contributed by atoms with Crippen LogP contribution < -0.4 is 10.6 Å². The van der Waals surface area contributed by atoms with Crippen molar-refractivity contribution in [3.63, 3.8) is 0 Å². The average Bonchev–Trinajstić information content (AvgIpc) is 3.21. The lowest BCUT2D eigenvalue weighted by Crippen LogP contribution is -2.51. The number of nitrogens with zero attached hydrogens (tertiary/aromatic N) is 3. The highest BCUT2D eigenvalue weighted by Gasteiger charge is 2.29. The topological polar surface area (TPSA) is 60.0 Å². The van der Waals surface area contributed by atoms with Crippen molar-refractivity contribution in [1.29, 1.82) is 0 Å². The maximum atomic E-state index is 12.5. The number of halogens is 1. The van der Waals surface area contributed by atoms with E-state index in [-0.39, 0.29) is 24.0 Å². The molecule has 0 radical (unpaired) electrons. The van der Waals surface area contributed by atoms with E-state index in [4.69, 9.17) is 0 Å². The lowest BCUT2D eigenvalue weighted by Gasteiger charge is -2.36. The summed E-state index contributed by atoms with van der Waals surface area (Å²) in [6.07, 6.45) is 8.42. The fourth-order valence-electron chi connectivity index (χ4n) is 4.06. The van der Waals surface area contributed by atoms with Crippen molar-refractivity contribution >= 4 is 35.8 Å². The molecule has 0 bridgehead atoms. The van der Waals surface area contributed by atoms with E-state index in [0.29, 0.717) is 11.8 Å². The van der Waals surface area contributed by atoms with Crippen LogP contribution in [0.4, 0.5) is 0 Å². The number of carbonyl (C=O) groups excluding carboxylic acids is 1. The molecule has 0 aromatic heterocycles. The van der Waals surface area contributed by atoms with E-state index in [1.54, 1.807) is 0 Å². The van der Waals surface area contributed by atoms with E-state index in [2.05, 4.69) is 39.3 Å². The fraction of sp³-hybridized carbons (Fsp3) is 0.905. The molecule has 2 fully saturated rings. The summed E-state index contributed by atoms with van der Waals surface area (Å²) in [6, 6.07) is 0.